The first kappa shape index (κ1) is 18.6. The van der Waals surface area contributed by atoms with Gasteiger partial charge in [-0.25, -0.2) is 0 Å². The van der Waals surface area contributed by atoms with Crippen molar-refractivity contribution in [2.24, 2.45) is 5.73 Å². The van der Waals surface area contributed by atoms with E-state index in [0.717, 1.165) is 36.1 Å². The zero-order valence-corrected chi connectivity index (χ0v) is 15.8. The first-order valence-electron chi connectivity index (χ1n) is 9.09. The van der Waals surface area contributed by atoms with Crippen molar-refractivity contribution in [3.05, 3.63) is 46.5 Å². The Kier molecular flexibility index (Phi) is 5.55. The van der Waals surface area contributed by atoms with Gasteiger partial charge in [0, 0.05) is 11.3 Å². The Balaban J connectivity index is 2.11. The molecule has 0 amide bonds. The molecular formula is C20H24N4O3. The number of aromatic nitrogens is 2. The summed E-state index contributed by atoms with van der Waals surface area (Å²) < 4.78 is 16.8. The van der Waals surface area contributed by atoms with Crippen molar-refractivity contribution in [3.8, 4) is 23.4 Å². The van der Waals surface area contributed by atoms with Crippen molar-refractivity contribution in [2.45, 2.75) is 39.0 Å². The third kappa shape index (κ3) is 3.43. The van der Waals surface area contributed by atoms with Gasteiger partial charge in [0.25, 0.3) is 0 Å². The summed E-state index contributed by atoms with van der Waals surface area (Å²) in [5.41, 5.74) is 9.05. The van der Waals surface area contributed by atoms with Gasteiger partial charge in [0.15, 0.2) is 11.5 Å². The lowest BCUT2D eigenvalue weighted by Crippen LogP contribution is -2.21. The van der Waals surface area contributed by atoms with Crippen LogP contribution in [-0.2, 0) is 6.42 Å². The van der Waals surface area contributed by atoms with Gasteiger partial charge in [0.1, 0.15) is 11.6 Å². The van der Waals surface area contributed by atoms with Crippen molar-refractivity contribution < 1.29 is 14.2 Å². The highest BCUT2D eigenvalue weighted by atomic mass is 16.5. The lowest BCUT2D eigenvalue weighted by molar-refractivity contribution is 0.294. The second-order valence-corrected chi connectivity index (χ2v) is 6.35. The van der Waals surface area contributed by atoms with E-state index in [1.165, 1.54) is 0 Å². The summed E-state index contributed by atoms with van der Waals surface area (Å²) in [6, 6.07) is 7.89. The Morgan fingerprint density at radius 2 is 2.11 bits per heavy atom. The molecule has 0 spiro atoms. The number of allylic oxidation sites excluding steroid dienone is 1. The lowest BCUT2D eigenvalue weighted by Gasteiger charge is -2.24. The van der Waals surface area contributed by atoms with Crippen molar-refractivity contribution in [2.75, 3.05) is 13.7 Å². The highest BCUT2D eigenvalue weighted by Gasteiger charge is 2.35. The average Bonchev–Trinajstić information content (AvgIpc) is 3.07. The molecule has 1 atom stereocenters. The Bertz CT molecular complexity index is 895. The third-order valence-corrected chi connectivity index (χ3v) is 4.50. The predicted octanol–water partition coefficient (Wildman–Crippen LogP) is 3.38. The fourth-order valence-electron chi connectivity index (χ4n) is 3.28. The molecule has 7 heteroatoms. The van der Waals surface area contributed by atoms with Crippen LogP contribution in [-0.4, -0.2) is 23.9 Å². The van der Waals surface area contributed by atoms with Gasteiger partial charge in [-0.1, -0.05) is 26.3 Å². The summed E-state index contributed by atoms with van der Waals surface area (Å²) in [5.74, 6) is 1.42. The topological polar surface area (TPSA) is 106 Å². The van der Waals surface area contributed by atoms with E-state index >= 15 is 0 Å². The number of aryl methyl sites for hydroxylation is 1. The van der Waals surface area contributed by atoms with E-state index in [1.54, 1.807) is 7.11 Å². The van der Waals surface area contributed by atoms with Gasteiger partial charge in [0.05, 0.1) is 19.6 Å². The van der Waals surface area contributed by atoms with Crippen LogP contribution in [0.4, 0.5) is 0 Å². The Morgan fingerprint density at radius 1 is 1.30 bits per heavy atom. The number of nitriles is 1. The molecule has 7 nitrogen and oxygen atoms in total. The number of benzene rings is 1. The van der Waals surface area contributed by atoms with Crippen LogP contribution in [0.25, 0.3) is 0 Å². The lowest BCUT2D eigenvalue weighted by atomic mass is 9.83. The molecule has 0 fully saturated rings. The van der Waals surface area contributed by atoms with Crippen LogP contribution in [0.15, 0.2) is 29.7 Å². The molecule has 1 aliphatic rings. The molecule has 0 saturated heterocycles. The Hall–Kier alpha value is -3.14. The minimum atomic E-state index is -0.367. The Labute approximate surface area is 158 Å². The second-order valence-electron chi connectivity index (χ2n) is 6.35. The molecule has 1 aromatic carbocycles. The summed E-state index contributed by atoms with van der Waals surface area (Å²) in [5, 5.41) is 17.0. The monoisotopic (exact) mass is 368 g/mol. The van der Waals surface area contributed by atoms with Gasteiger partial charge < -0.3 is 19.9 Å². The summed E-state index contributed by atoms with van der Waals surface area (Å²) in [6.07, 6.45) is 2.65. The largest absolute Gasteiger partial charge is 0.493 e. The fourth-order valence-corrected chi connectivity index (χ4v) is 3.28. The molecule has 0 aliphatic carbocycles. The number of aromatic amines is 1. The van der Waals surface area contributed by atoms with Gasteiger partial charge in [-0.05, 0) is 30.5 Å². The summed E-state index contributed by atoms with van der Waals surface area (Å²) in [6.45, 7) is 4.74. The molecule has 0 saturated carbocycles. The molecule has 3 rings (SSSR count). The van der Waals surface area contributed by atoms with Gasteiger partial charge in [-0.3, -0.25) is 5.10 Å². The van der Waals surface area contributed by atoms with E-state index < -0.39 is 0 Å². The molecule has 0 radical (unpaired) electrons. The molecule has 2 aromatic rings. The number of hydrogen-bond acceptors (Lipinski definition) is 6. The summed E-state index contributed by atoms with van der Waals surface area (Å²) >= 11 is 0. The molecule has 142 valence electrons. The molecule has 1 aromatic heterocycles. The first-order chi connectivity index (χ1) is 13.1. The van der Waals surface area contributed by atoms with Crippen LogP contribution in [0.3, 0.4) is 0 Å². The van der Waals surface area contributed by atoms with E-state index in [1.807, 2.05) is 25.1 Å². The maximum Gasteiger partial charge on any atom is 0.244 e. The van der Waals surface area contributed by atoms with E-state index in [2.05, 4.69) is 23.2 Å². The van der Waals surface area contributed by atoms with Gasteiger partial charge in [-0.15, -0.1) is 5.10 Å². The highest BCUT2D eigenvalue weighted by Crippen LogP contribution is 2.44. The molecular weight excluding hydrogens is 344 g/mol. The van der Waals surface area contributed by atoms with Gasteiger partial charge in [0.2, 0.25) is 11.8 Å². The third-order valence-electron chi connectivity index (χ3n) is 4.50. The van der Waals surface area contributed by atoms with Crippen molar-refractivity contribution >= 4 is 0 Å². The normalized spacial score (nSPS) is 15.7. The minimum absolute atomic E-state index is 0.0785. The predicted molar refractivity (Wildman–Crippen MR) is 101 cm³/mol. The first-order valence-corrected chi connectivity index (χ1v) is 9.09. The number of fused-ring (bicyclic) bond motifs is 1. The molecule has 1 aliphatic heterocycles. The van der Waals surface area contributed by atoms with Crippen LogP contribution < -0.4 is 19.9 Å². The second kappa shape index (κ2) is 8.04. The number of rotatable bonds is 7. The average molecular weight is 368 g/mol. The van der Waals surface area contributed by atoms with Crippen LogP contribution in [0.5, 0.6) is 17.4 Å². The number of methoxy groups -OCH3 is 1. The minimum Gasteiger partial charge on any atom is -0.493 e. The number of hydrogen-bond donors (Lipinski definition) is 2. The van der Waals surface area contributed by atoms with Crippen molar-refractivity contribution in [1.82, 2.24) is 10.2 Å². The highest BCUT2D eigenvalue weighted by molar-refractivity contribution is 5.57. The quantitative estimate of drug-likeness (QED) is 0.776. The van der Waals surface area contributed by atoms with Crippen LogP contribution in [0.1, 0.15) is 49.4 Å². The summed E-state index contributed by atoms with van der Waals surface area (Å²) in [7, 11) is 1.60. The number of nitrogens with two attached hydrogens (primary N) is 1. The fraction of sp³-hybridized carbons (Fsp3) is 0.400. The zero-order valence-electron chi connectivity index (χ0n) is 15.8. The number of nitrogens with one attached hydrogen (secondary N) is 1. The molecule has 3 N–H and O–H groups in total. The molecule has 1 unspecified atom stereocenters. The smallest absolute Gasteiger partial charge is 0.244 e. The molecule has 27 heavy (non-hydrogen) atoms. The van der Waals surface area contributed by atoms with E-state index in [4.69, 9.17) is 19.9 Å². The van der Waals surface area contributed by atoms with E-state index in [-0.39, 0.29) is 11.8 Å². The summed E-state index contributed by atoms with van der Waals surface area (Å²) in [4.78, 5) is 0. The Morgan fingerprint density at radius 3 is 2.78 bits per heavy atom. The SMILES string of the molecule is CCCOc1ccc(C2C(C#N)=C(N)Oc3n[nH]c(CCC)c32)cc1OC. The van der Waals surface area contributed by atoms with Crippen molar-refractivity contribution in [3.63, 3.8) is 0 Å². The van der Waals surface area contributed by atoms with Crippen molar-refractivity contribution in [1.29, 1.82) is 5.26 Å². The van der Waals surface area contributed by atoms with E-state index in [9.17, 15) is 5.26 Å². The van der Waals surface area contributed by atoms with Crippen LogP contribution in [0.2, 0.25) is 0 Å². The number of ether oxygens (including phenoxy) is 3. The van der Waals surface area contributed by atoms with E-state index in [0.29, 0.717) is 29.6 Å². The van der Waals surface area contributed by atoms with Crippen LogP contribution in [0, 0.1) is 11.3 Å². The number of H-pyrrole nitrogens is 1. The molecule has 0 bridgehead atoms. The zero-order chi connectivity index (χ0) is 19.4. The maximum absolute atomic E-state index is 9.72. The van der Waals surface area contributed by atoms with Crippen LogP contribution >= 0.6 is 0 Å². The standard InChI is InChI=1S/C20H24N4O3/c1-4-6-14-18-17(13(11-21)19(22)27-20(18)24-23-14)12-7-8-15(26-9-5-2)16(10-12)25-3/h7-8,10,17H,4-6,9,22H2,1-3H3,(H,23,24). The molecule has 2 heterocycles. The van der Waals surface area contributed by atoms with Gasteiger partial charge in [-0.2, -0.15) is 5.26 Å². The maximum atomic E-state index is 9.72. The van der Waals surface area contributed by atoms with Gasteiger partial charge >= 0.3 is 0 Å². The number of nitrogens with zero attached hydrogens (tertiary/aromatic N) is 2.